The Morgan fingerprint density at radius 1 is 0.172 bits per heavy atom. The van der Waals surface area contributed by atoms with Crippen molar-refractivity contribution in [1.29, 1.82) is 0 Å². The number of rotatable bonds is 108. The van der Waals surface area contributed by atoms with E-state index in [4.69, 9.17) is 171 Å². The Labute approximate surface area is 689 Å². The van der Waals surface area contributed by atoms with Gasteiger partial charge in [0.1, 0.15) is 0 Å². The van der Waals surface area contributed by atoms with Crippen LogP contribution in [-0.2, 0) is 175 Å². The lowest BCUT2D eigenvalue weighted by molar-refractivity contribution is -0.154. The Morgan fingerprint density at radius 2 is 0.276 bits per heavy atom. The molecule has 39 nitrogen and oxygen atoms in total. The summed E-state index contributed by atoms with van der Waals surface area (Å²) in [7, 11) is 1.64. The van der Waals surface area contributed by atoms with E-state index in [1.54, 1.807) is 14.0 Å². The molecule has 0 radical (unpaired) electrons. The molecule has 0 aliphatic rings. The van der Waals surface area contributed by atoms with E-state index in [9.17, 15) is 14.7 Å². The smallest absolute Gasteiger partial charge is 0.307 e. The molecule has 0 aromatic heterocycles. The second kappa shape index (κ2) is 103. The van der Waals surface area contributed by atoms with E-state index < -0.39 is 29.9 Å². The van der Waals surface area contributed by atoms with E-state index >= 15 is 0 Å². The fourth-order valence-corrected chi connectivity index (χ4v) is 8.71. The fourth-order valence-electron chi connectivity index (χ4n) is 8.71. The molecular formula is C77H152O39. The Balaban J connectivity index is 3.13. The minimum atomic E-state index is -1.15. The molecule has 0 bridgehead atoms. The third kappa shape index (κ3) is 98.7. The molecule has 0 aromatic carbocycles. The van der Waals surface area contributed by atoms with Gasteiger partial charge in [0, 0.05) is 7.11 Å². The third-order valence-electron chi connectivity index (χ3n) is 14.9. The van der Waals surface area contributed by atoms with Crippen LogP contribution >= 0.6 is 0 Å². The number of ether oxygens (including phenoxy) is 35. The first-order valence-corrected chi connectivity index (χ1v) is 41.0. The zero-order valence-electron chi connectivity index (χ0n) is 70.5. The lowest BCUT2D eigenvalue weighted by Gasteiger charge is -2.21. The molecule has 0 fully saturated rings. The molecule has 0 saturated carbocycles. The largest absolute Gasteiger partial charge is 0.481 e. The van der Waals surface area contributed by atoms with Crippen molar-refractivity contribution in [3.05, 3.63) is 0 Å². The van der Waals surface area contributed by atoms with Gasteiger partial charge in [0.05, 0.1) is 467 Å². The monoisotopic (exact) mass is 1700 g/mol. The zero-order chi connectivity index (χ0) is 83.4. The Bertz CT molecular complexity index is 1830. The van der Waals surface area contributed by atoms with Crippen molar-refractivity contribution < 1.29 is 186 Å². The number of aliphatic carboxylic acids is 2. The van der Waals surface area contributed by atoms with Crippen molar-refractivity contribution in [2.75, 3.05) is 456 Å². The van der Waals surface area contributed by atoms with Gasteiger partial charge in [-0.15, -0.1) is 0 Å². The lowest BCUT2D eigenvalue weighted by atomic mass is 9.89. The Hall–Kier alpha value is -2.46. The molecule has 0 spiro atoms. The number of carbonyl (C=O) groups is 2. The van der Waals surface area contributed by atoms with Crippen molar-refractivity contribution in [3.63, 3.8) is 0 Å². The minimum absolute atomic E-state index is 0.102. The van der Waals surface area contributed by atoms with E-state index in [0.717, 1.165) is 0 Å². The quantitative estimate of drug-likeness (QED) is 0.0813. The summed E-state index contributed by atoms with van der Waals surface area (Å²) in [5.41, 5.74) is 0. The Kier molecular flexibility index (Phi) is 101. The van der Waals surface area contributed by atoms with Gasteiger partial charge in [-0.05, 0) is 13.3 Å². The van der Waals surface area contributed by atoms with Crippen LogP contribution in [0.2, 0.25) is 0 Å². The van der Waals surface area contributed by atoms with E-state index in [0.29, 0.717) is 443 Å². The topological polar surface area (TPSA) is 398 Å². The molecule has 0 aromatic rings. The van der Waals surface area contributed by atoms with Crippen molar-refractivity contribution in [2.45, 2.75) is 26.4 Å². The third-order valence-corrected chi connectivity index (χ3v) is 14.9. The van der Waals surface area contributed by atoms with Crippen molar-refractivity contribution in [3.8, 4) is 0 Å². The van der Waals surface area contributed by atoms with Crippen LogP contribution in [0.5, 0.6) is 0 Å². The van der Waals surface area contributed by atoms with Gasteiger partial charge in [0.2, 0.25) is 0 Å². The molecule has 0 heterocycles. The van der Waals surface area contributed by atoms with Gasteiger partial charge < -0.3 is 176 Å². The first-order valence-electron chi connectivity index (χ1n) is 41.0. The predicted octanol–water partition coefficient (Wildman–Crippen LogP) is 1.40. The van der Waals surface area contributed by atoms with Gasteiger partial charge in [-0.2, -0.15) is 0 Å². The summed E-state index contributed by atoms with van der Waals surface area (Å²) in [6.45, 7) is 35.0. The number of hydrogen-bond acceptors (Lipinski definition) is 37. The van der Waals surface area contributed by atoms with Crippen LogP contribution in [0.3, 0.4) is 0 Å². The maximum atomic E-state index is 11.4. The second-order valence-corrected chi connectivity index (χ2v) is 24.2. The van der Waals surface area contributed by atoms with Gasteiger partial charge >= 0.3 is 11.9 Å². The molecule has 0 aliphatic carbocycles. The summed E-state index contributed by atoms with van der Waals surface area (Å²) in [5, 5.41) is 18.4. The van der Waals surface area contributed by atoms with E-state index in [1.165, 1.54) is 6.92 Å². The first-order chi connectivity index (χ1) is 57.4. The van der Waals surface area contributed by atoms with Crippen LogP contribution in [0.4, 0.5) is 0 Å². The summed E-state index contributed by atoms with van der Waals surface area (Å²) < 4.78 is 192. The van der Waals surface area contributed by atoms with Crippen LogP contribution in [-0.4, -0.2) is 485 Å². The highest BCUT2D eigenvalue weighted by molar-refractivity contribution is 5.79. The highest BCUT2D eigenvalue weighted by Crippen LogP contribution is 2.20. The molecule has 3 unspecified atom stereocenters. The summed E-state index contributed by atoms with van der Waals surface area (Å²) in [6, 6.07) is 0. The van der Waals surface area contributed by atoms with E-state index in [2.05, 4.69) is 0 Å². The normalized spacial score (nSPS) is 12.6. The SMILES string of the molecule is COCCOCCOCCOCCOCCOCCOCCOCCOCCOCCOCCOCCOCCOCCOCCOCCOCCOCCOCCOCCOCCOCCOCCOCCOCCOCCOCCOCCOCCOCCOCCOCCOCCOCCOC(C)CC(C(=O)O)C(C)C(=O)O. The molecule has 2 N–H and O–H groups in total. The fraction of sp³-hybridized carbons (Fsp3) is 0.974. The molecule has 3 atom stereocenters. The van der Waals surface area contributed by atoms with Gasteiger partial charge in [-0.25, -0.2) is 0 Å². The highest BCUT2D eigenvalue weighted by atomic mass is 16.6. The minimum Gasteiger partial charge on any atom is -0.481 e. The summed E-state index contributed by atoms with van der Waals surface area (Å²) in [5.74, 6) is -4.32. The molecule has 0 aliphatic heterocycles. The number of carboxylic acids is 2. The molecule has 0 rings (SSSR count). The lowest BCUT2D eigenvalue weighted by Crippen LogP contribution is -2.31. The molecule has 0 saturated heterocycles. The van der Waals surface area contributed by atoms with Crippen LogP contribution in [0, 0.1) is 11.8 Å². The zero-order valence-corrected chi connectivity index (χ0v) is 70.5. The van der Waals surface area contributed by atoms with Crippen LogP contribution < -0.4 is 0 Å². The van der Waals surface area contributed by atoms with Gasteiger partial charge in [-0.3, -0.25) is 9.59 Å². The summed E-state index contributed by atoms with van der Waals surface area (Å²) in [6.07, 6.45) is -0.315. The maximum absolute atomic E-state index is 11.4. The van der Waals surface area contributed by atoms with Gasteiger partial charge in [-0.1, -0.05) is 6.92 Å². The van der Waals surface area contributed by atoms with Crippen molar-refractivity contribution in [2.24, 2.45) is 11.8 Å². The first kappa shape index (κ1) is 114. The molecule has 694 valence electrons. The number of carboxylic acid groups (broad SMARTS) is 2. The molecule has 116 heavy (non-hydrogen) atoms. The second-order valence-electron chi connectivity index (χ2n) is 24.2. The Morgan fingerprint density at radius 3 is 0.371 bits per heavy atom. The number of hydrogen-bond donors (Lipinski definition) is 2. The summed E-state index contributed by atoms with van der Waals surface area (Å²) in [4.78, 5) is 22.5. The molecule has 0 amide bonds. The average molecular weight is 1700 g/mol. The van der Waals surface area contributed by atoms with Crippen LogP contribution in [0.15, 0.2) is 0 Å². The standard InChI is InChI=1S/C77H152O39/c1-73(72-75(77(80)81)74(2)76(78)79)116-71-70-115-69-68-114-67-66-113-65-64-112-63-62-111-61-60-110-59-58-109-57-56-108-55-54-107-53-52-106-51-50-105-49-48-104-47-46-103-45-44-102-43-42-101-41-40-100-39-38-99-37-36-98-35-34-97-33-32-96-31-30-95-29-28-94-27-26-93-25-24-92-23-22-91-21-20-90-19-18-89-17-16-88-15-14-87-13-12-86-11-10-85-9-8-84-7-6-83-5-4-82-3/h73-75H,4-72H2,1-3H3,(H,78,79)(H,80,81). The highest BCUT2D eigenvalue weighted by Gasteiger charge is 2.31. The predicted molar refractivity (Wildman–Crippen MR) is 417 cm³/mol. The van der Waals surface area contributed by atoms with Gasteiger partial charge in [0.15, 0.2) is 0 Å². The van der Waals surface area contributed by atoms with Crippen LogP contribution in [0.1, 0.15) is 20.3 Å². The van der Waals surface area contributed by atoms with E-state index in [-0.39, 0.29) is 13.0 Å². The maximum Gasteiger partial charge on any atom is 0.307 e. The van der Waals surface area contributed by atoms with Crippen molar-refractivity contribution >= 4 is 11.9 Å². The van der Waals surface area contributed by atoms with Crippen LogP contribution in [0.25, 0.3) is 0 Å². The number of methoxy groups -OCH3 is 1. The molecule has 39 heteroatoms. The average Bonchev–Trinajstić information content (AvgIpc) is 0.887. The van der Waals surface area contributed by atoms with Crippen molar-refractivity contribution in [1.82, 2.24) is 0 Å². The summed E-state index contributed by atoms with van der Waals surface area (Å²) >= 11 is 0. The van der Waals surface area contributed by atoms with E-state index in [1.807, 2.05) is 0 Å². The van der Waals surface area contributed by atoms with Gasteiger partial charge in [0.25, 0.3) is 0 Å². The molecular weight excluding hydrogens is 1550 g/mol.